The number of hydrogen-bond acceptors (Lipinski definition) is 15. The van der Waals surface area contributed by atoms with Crippen LogP contribution in [0.5, 0.6) is 0 Å². The zero-order valence-corrected chi connectivity index (χ0v) is 35.7. The summed E-state index contributed by atoms with van der Waals surface area (Å²) in [4.78, 5) is 82.3. The number of aliphatic hydroxyl groups excluding tert-OH is 2. The fraction of sp³-hybridized carbons (Fsp3) is 0.674. The molecule has 2 saturated carbocycles. The number of fused-ring (bicyclic) bond motifs is 5. The van der Waals surface area contributed by atoms with Crippen molar-refractivity contribution >= 4 is 35.8 Å². The van der Waals surface area contributed by atoms with Gasteiger partial charge in [0.25, 0.3) is 0 Å². The third-order valence-corrected chi connectivity index (χ3v) is 12.5. The lowest BCUT2D eigenvalue weighted by atomic mass is 9.44. The third kappa shape index (κ3) is 8.25. The molecule has 1 heterocycles. The Bertz CT molecular complexity index is 1870. The molecule has 6 unspecified atom stereocenters. The van der Waals surface area contributed by atoms with E-state index in [4.69, 9.17) is 28.4 Å². The molecule has 1 amide bonds. The van der Waals surface area contributed by atoms with Gasteiger partial charge in [-0.3, -0.25) is 14.4 Å². The molecule has 326 valence electrons. The molecule has 16 heteroatoms. The van der Waals surface area contributed by atoms with E-state index in [9.17, 15) is 39.3 Å². The molecule has 3 aliphatic carbocycles. The summed E-state index contributed by atoms with van der Waals surface area (Å²) in [6.07, 6.45) is -11.1. The maximum atomic E-state index is 15.4. The summed E-state index contributed by atoms with van der Waals surface area (Å²) in [7, 11) is 0. The summed E-state index contributed by atoms with van der Waals surface area (Å²) in [6.45, 7) is 16.6. The maximum absolute atomic E-state index is 15.4. The van der Waals surface area contributed by atoms with Gasteiger partial charge in [0.15, 0.2) is 23.6 Å². The molecular weight excluding hydrogens is 770 g/mol. The van der Waals surface area contributed by atoms with E-state index in [0.29, 0.717) is 0 Å². The van der Waals surface area contributed by atoms with Gasteiger partial charge in [-0.05, 0) is 70.2 Å². The Morgan fingerprint density at radius 2 is 1.61 bits per heavy atom. The molecule has 1 aromatic carbocycles. The van der Waals surface area contributed by atoms with Crippen LogP contribution in [-0.2, 0) is 47.6 Å². The minimum Gasteiger partial charge on any atom is -0.456 e. The van der Waals surface area contributed by atoms with E-state index in [1.807, 2.05) is 13.8 Å². The largest absolute Gasteiger partial charge is 0.456 e. The normalized spacial score (nSPS) is 33.4. The van der Waals surface area contributed by atoms with Gasteiger partial charge in [-0.1, -0.05) is 45.9 Å². The Morgan fingerprint density at radius 1 is 0.983 bits per heavy atom. The van der Waals surface area contributed by atoms with E-state index in [-0.39, 0.29) is 42.1 Å². The number of ketones is 1. The number of amides is 1. The van der Waals surface area contributed by atoms with E-state index in [1.165, 1.54) is 26.0 Å². The van der Waals surface area contributed by atoms with Gasteiger partial charge in [0.2, 0.25) is 0 Å². The zero-order chi connectivity index (χ0) is 44.2. The highest BCUT2D eigenvalue weighted by Crippen LogP contribution is 2.64. The Labute approximate surface area is 344 Å². The number of hydrogen-bond donors (Lipinski definition) is 4. The fourth-order valence-electron chi connectivity index (χ4n) is 9.63. The summed E-state index contributed by atoms with van der Waals surface area (Å²) in [5.74, 6) is -6.31. The van der Waals surface area contributed by atoms with Gasteiger partial charge in [0, 0.05) is 32.1 Å². The van der Waals surface area contributed by atoms with Gasteiger partial charge in [-0.25, -0.2) is 14.4 Å². The lowest BCUT2D eigenvalue weighted by Gasteiger charge is -2.67. The summed E-state index contributed by atoms with van der Waals surface area (Å²) >= 11 is 0. The van der Waals surface area contributed by atoms with Crippen LogP contribution in [0.1, 0.15) is 106 Å². The number of rotatable bonds is 10. The molecule has 59 heavy (non-hydrogen) atoms. The maximum Gasteiger partial charge on any atom is 0.407 e. The lowest BCUT2D eigenvalue weighted by Crippen LogP contribution is -2.82. The van der Waals surface area contributed by atoms with Gasteiger partial charge in [0.05, 0.1) is 35.6 Å². The van der Waals surface area contributed by atoms with E-state index < -0.39 is 118 Å². The van der Waals surface area contributed by atoms with Crippen LogP contribution in [0.4, 0.5) is 4.79 Å². The first-order chi connectivity index (χ1) is 27.2. The molecule has 5 rings (SSSR count). The van der Waals surface area contributed by atoms with Gasteiger partial charge in [0.1, 0.15) is 29.5 Å². The highest BCUT2D eigenvalue weighted by molar-refractivity contribution is 5.95. The fourth-order valence-corrected chi connectivity index (χ4v) is 9.63. The first-order valence-electron chi connectivity index (χ1n) is 20.0. The van der Waals surface area contributed by atoms with Crippen LogP contribution in [0.2, 0.25) is 0 Å². The average molecular weight is 830 g/mol. The van der Waals surface area contributed by atoms with Crippen molar-refractivity contribution in [2.75, 3.05) is 6.61 Å². The summed E-state index contributed by atoms with van der Waals surface area (Å²) in [6, 6.07) is 6.66. The van der Waals surface area contributed by atoms with Gasteiger partial charge >= 0.3 is 30.0 Å². The molecule has 1 aromatic rings. The second-order valence-electron chi connectivity index (χ2n) is 18.5. The van der Waals surface area contributed by atoms with Crippen molar-refractivity contribution in [1.29, 1.82) is 0 Å². The van der Waals surface area contributed by atoms with Gasteiger partial charge in [-0.15, -0.1) is 0 Å². The quantitative estimate of drug-likeness (QED) is 0.150. The van der Waals surface area contributed by atoms with Crippen molar-refractivity contribution in [2.45, 2.75) is 155 Å². The summed E-state index contributed by atoms with van der Waals surface area (Å²) in [5, 5.41) is 39.6. The van der Waals surface area contributed by atoms with E-state index in [1.54, 1.807) is 52.8 Å². The SMILES string of the molecule is CC(=O)OC1C(=O)C2(C)C(O)CC3OC[C@@]3(OC(C)=O)[C@H]2[C@H](OC(=O)c2ccccc2)C2(O)C[C@H](OC(=O)C(O)[C@H](CC(C)C)NC(=O)OC(C)(C)C)C(C)=C1C2(C)C. The van der Waals surface area contributed by atoms with Crippen molar-refractivity contribution in [1.82, 2.24) is 5.32 Å². The number of ether oxygens (including phenoxy) is 6. The zero-order valence-electron chi connectivity index (χ0n) is 35.7. The molecule has 2 bridgehead atoms. The molecule has 0 spiro atoms. The number of carbonyl (C=O) groups excluding carboxylic acids is 6. The lowest BCUT2D eigenvalue weighted by molar-refractivity contribution is -0.346. The highest BCUT2D eigenvalue weighted by Gasteiger charge is 2.78. The van der Waals surface area contributed by atoms with Crippen LogP contribution in [-0.4, -0.2) is 117 Å². The molecule has 4 aliphatic rings. The average Bonchev–Trinajstić information content (AvgIpc) is 3.11. The van der Waals surface area contributed by atoms with Crippen LogP contribution in [0.15, 0.2) is 41.5 Å². The molecule has 11 atom stereocenters. The molecule has 4 N–H and O–H groups in total. The van der Waals surface area contributed by atoms with Crippen LogP contribution in [0.3, 0.4) is 0 Å². The van der Waals surface area contributed by atoms with E-state index in [0.717, 1.165) is 13.8 Å². The molecule has 0 radical (unpaired) electrons. The van der Waals surface area contributed by atoms with E-state index in [2.05, 4.69) is 5.32 Å². The highest BCUT2D eigenvalue weighted by atomic mass is 16.6. The first-order valence-corrected chi connectivity index (χ1v) is 20.0. The molecule has 1 saturated heterocycles. The standard InChI is InChI=1S/C43H59NO15/c1-21(2)17-26(44-38(52)59-39(6,7)8)31(48)37(51)56-27-19-43(53)35(57-36(50)25-15-13-12-14-16-25)33-41(11,28(47)18-29-42(33,20-54-29)58-24(5)46)34(49)32(55-23(4)45)30(22(27)3)40(43,9)10/h12-16,21,26-29,31-33,35,47-48,53H,17-20H2,1-11H3,(H,44,52)/t26-,27-,28?,29?,31?,32?,33-,35-,41?,42-,43?/m0/s1. The van der Waals surface area contributed by atoms with Crippen molar-refractivity contribution in [2.24, 2.45) is 22.7 Å². The minimum atomic E-state index is -2.37. The number of aliphatic hydroxyl groups is 3. The predicted molar refractivity (Wildman–Crippen MR) is 207 cm³/mol. The summed E-state index contributed by atoms with van der Waals surface area (Å²) in [5.41, 5.74) is -8.45. The second-order valence-corrected chi connectivity index (χ2v) is 18.5. The Kier molecular flexibility index (Phi) is 12.6. The number of nitrogens with one attached hydrogen (secondary N) is 1. The van der Waals surface area contributed by atoms with Crippen LogP contribution in [0, 0.1) is 22.7 Å². The third-order valence-electron chi connectivity index (χ3n) is 12.5. The number of Topliss-reactive ketones (excluding diaryl/α,β-unsaturated/α-hetero) is 1. The van der Waals surface area contributed by atoms with Crippen molar-refractivity contribution < 1.29 is 72.5 Å². The van der Waals surface area contributed by atoms with Crippen molar-refractivity contribution in [3.63, 3.8) is 0 Å². The number of benzene rings is 1. The molecule has 16 nitrogen and oxygen atoms in total. The Balaban J connectivity index is 1.72. The molecule has 3 fully saturated rings. The number of carbonyl (C=O) groups is 6. The predicted octanol–water partition coefficient (Wildman–Crippen LogP) is 3.50. The minimum absolute atomic E-state index is 0.00510. The molecule has 0 aromatic heterocycles. The Hall–Kier alpha value is -4.38. The number of alkyl carbamates (subject to hydrolysis) is 1. The second kappa shape index (κ2) is 16.2. The van der Waals surface area contributed by atoms with Crippen LogP contribution < -0.4 is 5.32 Å². The molecular formula is C43H59NO15. The Morgan fingerprint density at radius 3 is 2.14 bits per heavy atom. The summed E-state index contributed by atoms with van der Waals surface area (Å²) < 4.78 is 35.5. The first kappa shape index (κ1) is 45.7. The topological polar surface area (TPSA) is 231 Å². The van der Waals surface area contributed by atoms with E-state index >= 15 is 4.79 Å². The van der Waals surface area contributed by atoms with Crippen LogP contribution in [0.25, 0.3) is 0 Å². The van der Waals surface area contributed by atoms with Gasteiger partial charge in [-0.2, -0.15) is 0 Å². The monoisotopic (exact) mass is 829 g/mol. The van der Waals surface area contributed by atoms with Crippen molar-refractivity contribution in [3.8, 4) is 0 Å². The number of esters is 4. The molecule has 1 aliphatic heterocycles. The van der Waals surface area contributed by atoms with Crippen molar-refractivity contribution in [3.05, 3.63) is 47.0 Å². The van der Waals surface area contributed by atoms with Gasteiger partial charge < -0.3 is 49.1 Å². The smallest absolute Gasteiger partial charge is 0.407 e. The van der Waals surface area contributed by atoms with Crippen LogP contribution >= 0.6 is 0 Å².